The average Bonchev–Trinajstić information content (AvgIpc) is 2.33. The number of aliphatic hydroxyl groups excluding tert-OH is 1. The van der Waals surface area contributed by atoms with Crippen LogP contribution < -0.4 is 5.32 Å². The number of halogens is 2. The van der Waals surface area contributed by atoms with Gasteiger partial charge in [-0.25, -0.2) is 13.6 Å². The lowest BCUT2D eigenvalue weighted by Gasteiger charge is -2.34. The number of hydrogen-bond acceptors (Lipinski definition) is 2. The summed E-state index contributed by atoms with van der Waals surface area (Å²) in [4.78, 5) is 12.9. The third-order valence-corrected chi connectivity index (χ3v) is 3.94. The van der Waals surface area contributed by atoms with Gasteiger partial charge in [-0.3, -0.25) is 0 Å². The summed E-state index contributed by atoms with van der Waals surface area (Å²) < 4.78 is 24.7. The molecule has 1 aliphatic carbocycles. The van der Waals surface area contributed by atoms with Gasteiger partial charge in [0.25, 0.3) is 6.43 Å². The molecule has 0 spiro atoms. The van der Waals surface area contributed by atoms with Crippen LogP contribution in [0, 0.1) is 11.8 Å². The van der Waals surface area contributed by atoms with E-state index in [4.69, 9.17) is 5.11 Å². The fourth-order valence-electron chi connectivity index (χ4n) is 2.51. The van der Waals surface area contributed by atoms with Crippen LogP contribution in [0.3, 0.4) is 0 Å². The van der Waals surface area contributed by atoms with Crippen molar-refractivity contribution in [1.82, 2.24) is 10.2 Å². The van der Waals surface area contributed by atoms with Crippen molar-refractivity contribution in [2.75, 3.05) is 19.7 Å². The zero-order valence-electron chi connectivity index (χ0n) is 11.6. The highest BCUT2D eigenvalue weighted by molar-refractivity contribution is 5.74. The Morgan fingerprint density at radius 1 is 1.37 bits per heavy atom. The first-order valence-corrected chi connectivity index (χ1v) is 6.88. The molecule has 1 fully saturated rings. The quantitative estimate of drug-likeness (QED) is 0.809. The summed E-state index contributed by atoms with van der Waals surface area (Å²) in [5, 5.41) is 11.6. The summed E-state index contributed by atoms with van der Waals surface area (Å²) in [7, 11) is 0. The first kappa shape index (κ1) is 16.1. The largest absolute Gasteiger partial charge is 0.395 e. The summed E-state index contributed by atoms with van der Waals surface area (Å²) in [5.41, 5.74) is 0. The van der Waals surface area contributed by atoms with E-state index >= 15 is 0 Å². The number of amides is 2. The second kappa shape index (κ2) is 7.62. The number of urea groups is 1. The molecule has 0 aromatic carbocycles. The molecule has 0 saturated heterocycles. The number of rotatable bonds is 5. The summed E-state index contributed by atoms with van der Waals surface area (Å²) in [6, 6.07) is -0.446. The number of aliphatic hydroxyl groups is 1. The molecule has 1 rings (SSSR count). The molecule has 1 aliphatic rings. The van der Waals surface area contributed by atoms with Gasteiger partial charge in [-0.15, -0.1) is 0 Å². The second-order valence-corrected chi connectivity index (χ2v) is 5.47. The minimum absolute atomic E-state index is 0.0533. The van der Waals surface area contributed by atoms with Crippen molar-refractivity contribution in [3.63, 3.8) is 0 Å². The molecule has 19 heavy (non-hydrogen) atoms. The summed E-state index contributed by atoms with van der Waals surface area (Å²) in [6.45, 7) is 3.34. The van der Waals surface area contributed by atoms with Gasteiger partial charge >= 0.3 is 6.03 Å². The van der Waals surface area contributed by atoms with E-state index in [0.717, 1.165) is 24.2 Å². The van der Waals surface area contributed by atoms with Crippen LogP contribution in [-0.2, 0) is 0 Å². The Bertz CT molecular complexity index is 290. The maximum Gasteiger partial charge on any atom is 0.317 e. The molecule has 0 aromatic heterocycles. The molecule has 3 atom stereocenters. The predicted molar refractivity (Wildman–Crippen MR) is 69.2 cm³/mol. The van der Waals surface area contributed by atoms with Crippen molar-refractivity contribution in [3.8, 4) is 0 Å². The number of hydrogen-bond donors (Lipinski definition) is 2. The SMILES string of the molecule is C[C@@H]1CC[C@@H](NC(=O)N(CCO)CC(F)F)C[C@@H]1C. The van der Waals surface area contributed by atoms with E-state index in [1.807, 2.05) is 0 Å². The van der Waals surface area contributed by atoms with Gasteiger partial charge in [-0.2, -0.15) is 0 Å². The zero-order valence-corrected chi connectivity index (χ0v) is 11.6. The van der Waals surface area contributed by atoms with Crippen LogP contribution in [0.15, 0.2) is 0 Å². The molecule has 2 N–H and O–H groups in total. The van der Waals surface area contributed by atoms with E-state index in [2.05, 4.69) is 19.2 Å². The normalized spacial score (nSPS) is 27.4. The van der Waals surface area contributed by atoms with E-state index < -0.39 is 19.0 Å². The Balaban J connectivity index is 2.47. The molecule has 0 heterocycles. The van der Waals surface area contributed by atoms with Crippen LogP contribution in [0.2, 0.25) is 0 Å². The van der Waals surface area contributed by atoms with Crippen molar-refractivity contribution in [2.24, 2.45) is 11.8 Å². The lowest BCUT2D eigenvalue weighted by atomic mass is 9.79. The van der Waals surface area contributed by atoms with Crippen molar-refractivity contribution >= 4 is 6.03 Å². The average molecular weight is 278 g/mol. The second-order valence-electron chi connectivity index (χ2n) is 5.47. The number of carbonyl (C=O) groups is 1. The monoisotopic (exact) mass is 278 g/mol. The number of nitrogens with zero attached hydrogens (tertiary/aromatic N) is 1. The van der Waals surface area contributed by atoms with Gasteiger partial charge in [0.05, 0.1) is 13.2 Å². The van der Waals surface area contributed by atoms with Gasteiger partial charge < -0.3 is 15.3 Å². The minimum Gasteiger partial charge on any atom is -0.395 e. The Kier molecular flexibility index (Phi) is 6.48. The number of carbonyl (C=O) groups excluding carboxylic acids is 1. The van der Waals surface area contributed by atoms with Gasteiger partial charge in [0.2, 0.25) is 0 Å². The topological polar surface area (TPSA) is 52.6 Å². The summed E-state index contributed by atoms with van der Waals surface area (Å²) in [5.74, 6) is 1.17. The van der Waals surface area contributed by atoms with E-state index in [9.17, 15) is 13.6 Å². The van der Waals surface area contributed by atoms with Crippen molar-refractivity contribution < 1.29 is 18.7 Å². The Morgan fingerprint density at radius 2 is 2.05 bits per heavy atom. The van der Waals surface area contributed by atoms with Gasteiger partial charge in [-0.1, -0.05) is 13.8 Å². The fourth-order valence-corrected chi connectivity index (χ4v) is 2.51. The molecule has 0 unspecified atom stereocenters. The Hall–Kier alpha value is -0.910. The molecule has 0 aromatic rings. The molecule has 6 heteroatoms. The van der Waals surface area contributed by atoms with E-state index in [1.54, 1.807) is 0 Å². The van der Waals surface area contributed by atoms with E-state index in [0.29, 0.717) is 11.8 Å². The van der Waals surface area contributed by atoms with E-state index in [-0.39, 0.29) is 19.2 Å². The molecular formula is C13H24F2N2O2. The Labute approximate surface area is 113 Å². The van der Waals surface area contributed by atoms with Crippen molar-refractivity contribution in [3.05, 3.63) is 0 Å². The van der Waals surface area contributed by atoms with Crippen molar-refractivity contribution in [1.29, 1.82) is 0 Å². The predicted octanol–water partition coefficient (Wildman–Crippen LogP) is 2.08. The fraction of sp³-hybridized carbons (Fsp3) is 0.923. The van der Waals surface area contributed by atoms with Crippen LogP contribution >= 0.6 is 0 Å². The van der Waals surface area contributed by atoms with Gasteiger partial charge in [-0.05, 0) is 31.1 Å². The molecule has 0 aliphatic heterocycles. The van der Waals surface area contributed by atoms with E-state index in [1.165, 1.54) is 0 Å². The molecule has 0 radical (unpaired) electrons. The lowest BCUT2D eigenvalue weighted by Crippen LogP contribution is -2.49. The first-order valence-electron chi connectivity index (χ1n) is 6.88. The van der Waals surface area contributed by atoms with Crippen LogP contribution in [0.25, 0.3) is 0 Å². The summed E-state index contributed by atoms with van der Waals surface area (Å²) >= 11 is 0. The van der Waals surface area contributed by atoms with Crippen LogP contribution in [0.5, 0.6) is 0 Å². The van der Waals surface area contributed by atoms with Gasteiger partial charge in [0.1, 0.15) is 0 Å². The molecule has 112 valence electrons. The maximum atomic E-state index is 12.4. The zero-order chi connectivity index (χ0) is 14.4. The third kappa shape index (κ3) is 5.30. The smallest absolute Gasteiger partial charge is 0.317 e. The van der Waals surface area contributed by atoms with Gasteiger partial charge in [0.15, 0.2) is 0 Å². The molecule has 0 bridgehead atoms. The van der Waals surface area contributed by atoms with Crippen molar-refractivity contribution in [2.45, 2.75) is 45.6 Å². The number of alkyl halides is 2. The van der Waals surface area contributed by atoms with Crippen LogP contribution in [0.4, 0.5) is 13.6 Å². The standard InChI is InChI=1S/C13H24F2N2O2/c1-9-3-4-11(7-10(9)2)16-13(19)17(5-6-18)8-12(14)15/h9-12,18H,3-8H2,1-2H3,(H,16,19)/t9-,10+,11-/m1/s1. The number of nitrogens with one attached hydrogen (secondary N) is 1. The molecule has 1 saturated carbocycles. The highest BCUT2D eigenvalue weighted by atomic mass is 19.3. The highest BCUT2D eigenvalue weighted by Gasteiger charge is 2.27. The molecule has 4 nitrogen and oxygen atoms in total. The highest BCUT2D eigenvalue weighted by Crippen LogP contribution is 2.29. The minimum atomic E-state index is -2.58. The molecular weight excluding hydrogens is 254 g/mol. The third-order valence-electron chi connectivity index (χ3n) is 3.94. The van der Waals surface area contributed by atoms with Crippen LogP contribution in [0.1, 0.15) is 33.1 Å². The lowest BCUT2D eigenvalue weighted by molar-refractivity contribution is 0.0877. The Morgan fingerprint density at radius 3 is 2.58 bits per heavy atom. The molecule has 2 amide bonds. The first-order chi connectivity index (χ1) is 8.93. The van der Waals surface area contributed by atoms with Gasteiger partial charge in [0, 0.05) is 12.6 Å². The summed E-state index contributed by atoms with van der Waals surface area (Å²) in [6.07, 6.45) is 0.233. The van der Waals surface area contributed by atoms with Crippen LogP contribution in [-0.4, -0.2) is 48.2 Å². The maximum absolute atomic E-state index is 12.4.